The van der Waals surface area contributed by atoms with E-state index in [-0.39, 0.29) is 11.4 Å². The van der Waals surface area contributed by atoms with Crippen molar-refractivity contribution in [1.82, 2.24) is 4.98 Å². The zero-order valence-electron chi connectivity index (χ0n) is 15.5. The van der Waals surface area contributed by atoms with E-state index in [9.17, 15) is 20.2 Å². The van der Waals surface area contributed by atoms with Gasteiger partial charge in [0.15, 0.2) is 0 Å². The number of nitrogens with zero attached hydrogens (tertiary/aromatic N) is 3. The van der Waals surface area contributed by atoms with E-state index in [4.69, 9.17) is 4.98 Å². The van der Waals surface area contributed by atoms with Gasteiger partial charge in [0.1, 0.15) is 0 Å². The molecule has 0 aliphatic rings. The first-order chi connectivity index (χ1) is 14.5. The Hall–Kier alpha value is -3.65. The van der Waals surface area contributed by atoms with E-state index >= 15 is 0 Å². The van der Waals surface area contributed by atoms with Gasteiger partial charge in [-0.25, -0.2) is 4.98 Å². The maximum atomic E-state index is 11.2. The predicted octanol–water partition coefficient (Wildman–Crippen LogP) is 6.28. The molecule has 8 heteroatoms. The number of rotatable bonds is 5. The molecule has 30 heavy (non-hydrogen) atoms. The van der Waals surface area contributed by atoms with Crippen molar-refractivity contribution in [2.45, 2.75) is 5.33 Å². The molecule has 0 saturated carbocycles. The summed E-state index contributed by atoms with van der Waals surface area (Å²) in [5, 5.41) is 23.8. The van der Waals surface area contributed by atoms with Crippen LogP contribution in [-0.2, 0) is 5.33 Å². The van der Waals surface area contributed by atoms with Gasteiger partial charge in [0, 0.05) is 46.1 Å². The maximum absolute atomic E-state index is 11.2. The fourth-order valence-corrected chi connectivity index (χ4v) is 3.64. The Morgan fingerprint density at radius 1 is 0.800 bits per heavy atom. The summed E-state index contributed by atoms with van der Waals surface area (Å²) in [6, 6.07) is 20.4. The van der Waals surface area contributed by atoms with Crippen LogP contribution in [0.2, 0.25) is 0 Å². The van der Waals surface area contributed by atoms with Gasteiger partial charge in [-0.05, 0) is 29.3 Å². The Bertz CT molecular complexity index is 1310. The number of hydrogen-bond donors (Lipinski definition) is 0. The first-order valence-electron chi connectivity index (χ1n) is 8.95. The van der Waals surface area contributed by atoms with E-state index < -0.39 is 9.85 Å². The number of pyridine rings is 1. The van der Waals surface area contributed by atoms with Crippen LogP contribution in [0, 0.1) is 20.2 Å². The van der Waals surface area contributed by atoms with Gasteiger partial charge < -0.3 is 0 Å². The summed E-state index contributed by atoms with van der Waals surface area (Å²) in [4.78, 5) is 26.2. The third-order valence-electron chi connectivity index (χ3n) is 4.73. The van der Waals surface area contributed by atoms with E-state index in [2.05, 4.69) is 15.9 Å². The fourth-order valence-electron chi connectivity index (χ4n) is 3.32. The number of alkyl halides is 1. The number of nitro benzene ring substituents is 2. The summed E-state index contributed by atoms with van der Waals surface area (Å²) in [5.41, 5.74) is 4.32. The molecule has 3 aromatic carbocycles. The molecule has 0 unspecified atom stereocenters. The molecular formula is C22H14BrN3O4. The van der Waals surface area contributed by atoms with Crippen molar-refractivity contribution < 1.29 is 9.85 Å². The topological polar surface area (TPSA) is 99.2 Å². The third kappa shape index (κ3) is 3.77. The smallest absolute Gasteiger partial charge is 0.258 e. The minimum absolute atomic E-state index is 0.000246. The van der Waals surface area contributed by atoms with E-state index in [0.717, 1.165) is 16.5 Å². The Kier molecular flexibility index (Phi) is 5.24. The standard InChI is InChI=1S/C22H14BrN3O4/c23-13-14-9-17-7-8-21(16-4-2-6-19(12-16)26(29)30)24-22(17)20(10-14)15-3-1-5-18(11-15)25(27)28/h1-12H,13H2. The van der Waals surface area contributed by atoms with Crippen molar-refractivity contribution in [3.8, 4) is 22.4 Å². The number of non-ortho nitro benzene ring substituents is 2. The lowest BCUT2D eigenvalue weighted by atomic mass is 9.98. The average molecular weight is 464 g/mol. The van der Waals surface area contributed by atoms with Crippen LogP contribution in [-0.4, -0.2) is 14.8 Å². The molecule has 0 bridgehead atoms. The van der Waals surface area contributed by atoms with Crippen LogP contribution in [0.15, 0.2) is 72.8 Å². The second-order valence-corrected chi connectivity index (χ2v) is 7.22. The van der Waals surface area contributed by atoms with Crippen molar-refractivity contribution in [3.63, 3.8) is 0 Å². The van der Waals surface area contributed by atoms with Crippen molar-refractivity contribution in [2.75, 3.05) is 0 Å². The van der Waals surface area contributed by atoms with Gasteiger partial charge >= 0.3 is 0 Å². The van der Waals surface area contributed by atoms with E-state index in [0.29, 0.717) is 27.7 Å². The molecule has 148 valence electrons. The molecule has 0 amide bonds. The van der Waals surface area contributed by atoms with Gasteiger partial charge in [-0.15, -0.1) is 0 Å². The Morgan fingerprint density at radius 2 is 1.43 bits per heavy atom. The van der Waals surface area contributed by atoms with Gasteiger partial charge in [-0.1, -0.05) is 46.3 Å². The zero-order chi connectivity index (χ0) is 21.3. The van der Waals surface area contributed by atoms with Gasteiger partial charge in [0.05, 0.1) is 21.1 Å². The van der Waals surface area contributed by atoms with Crippen LogP contribution in [0.4, 0.5) is 11.4 Å². The summed E-state index contributed by atoms with van der Waals surface area (Å²) in [6.07, 6.45) is 0. The molecule has 0 fully saturated rings. The highest BCUT2D eigenvalue weighted by Gasteiger charge is 2.14. The SMILES string of the molecule is O=[N+]([O-])c1cccc(-c2ccc3cc(CBr)cc(-c4cccc([N+](=O)[O-])c4)c3n2)c1. The lowest BCUT2D eigenvalue weighted by Crippen LogP contribution is -1.93. The number of benzene rings is 3. The second-order valence-electron chi connectivity index (χ2n) is 6.66. The monoisotopic (exact) mass is 463 g/mol. The van der Waals surface area contributed by atoms with Gasteiger partial charge in [-0.3, -0.25) is 20.2 Å². The Balaban J connectivity index is 1.94. The predicted molar refractivity (Wildman–Crippen MR) is 119 cm³/mol. The molecule has 7 nitrogen and oxygen atoms in total. The number of hydrogen-bond acceptors (Lipinski definition) is 5. The molecule has 0 aliphatic heterocycles. The number of halogens is 1. The minimum atomic E-state index is -0.443. The van der Waals surface area contributed by atoms with Crippen molar-refractivity contribution in [2.24, 2.45) is 0 Å². The van der Waals surface area contributed by atoms with Crippen LogP contribution >= 0.6 is 15.9 Å². The Morgan fingerprint density at radius 3 is 2.07 bits per heavy atom. The first kappa shape index (κ1) is 19.7. The third-order valence-corrected chi connectivity index (χ3v) is 5.37. The van der Waals surface area contributed by atoms with Gasteiger partial charge in [0.25, 0.3) is 11.4 Å². The molecule has 1 heterocycles. The van der Waals surface area contributed by atoms with Crippen LogP contribution in [0.3, 0.4) is 0 Å². The highest BCUT2D eigenvalue weighted by atomic mass is 79.9. The van der Waals surface area contributed by atoms with Crippen LogP contribution in [0.1, 0.15) is 5.56 Å². The molecule has 0 atom stereocenters. The normalized spacial score (nSPS) is 10.8. The average Bonchev–Trinajstić information content (AvgIpc) is 2.78. The number of aromatic nitrogens is 1. The maximum Gasteiger partial charge on any atom is 0.270 e. The summed E-state index contributed by atoms with van der Waals surface area (Å²) < 4.78 is 0. The summed E-state index contributed by atoms with van der Waals surface area (Å²) in [5.74, 6) is 0. The molecule has 0 radical (unpaired) electrons. The summed E-state index contributed by atoms with van der Waals surface area (Å²) in [7, 11) is 0. The Labute approximate surface area is 179 Å². The summed E-state index contributed by atoms with van der Waals surface area (Å²) in [6.45, 7) is 0. The molecule has 4 aromatic rings. The quantitative estimate of drug-likeness (QED) is 0.197. The van der Waals surface area contributed by atoms with Crippen molar-refractivity contribution in [1.29, 1.82) is 0 Å². The first-order valence-corrected chi connectivity index (χ1v) is 10.1. The fraction of sp³-hybridized carbons (Fsp3) is 0.0455. The largest absolute Gasteiger partial charge is 0.270 e. The van der Waals surface area contributed by atoms with E-state index in [1.165, 1.54) is 24.3 Å². The highest BCUT2D eigenvalue weighted by Crippen LogP contribution is 2.33. The second kappa shape index (κ2) is 8.00. The molecule has 0 spiro atoms. The lowest BCUT2D eigenvalue weighted by molar-refractivity contribution is -0.385. The van der Waals surface area contributed by atoms with E-state index in [1.54, 1.807) is 18.2 Å². The molecule has 1 aromatic heterocycles. The van der Waals surface area contributed by atoms with Crippen molar-refractivity contribution in [3.05, 3.63) is 98.6 Å². The lowest BCUT2D eigenvalue weighted by Gasteiger charge is -2.11. The molecular weight excluding hydrogens is 450 g/mol. The van der Waals surface area contributed by atoms with E-state index in [1.807, 2.05) is 30.3 Å². The van der Waals surface area contributed by atoms with Gasteiger partial charge in [-0.2, -0.15) is 0 Å². The molecule has 0 N–H and O–H groups in total. The summed E-state index contributed by atoms with van der Waals surface area (Å²) >= 11 is 3.47. The van der Waals surface area contributed by atoms with Gasteiger partial charge in [0.2, 0.25) is 0 Å². The molecule has 0 aliphatic carbocycles. The highest BCUT2D eigenvalue weighted by molar-refractivity contribution is 9.08. The van der Waals surface area contributed by atoms with Crippen LogP contribution < -0.4 is 0 Å². The number of fused-ring (bicyclic) bond motifs is 1. The molecule has 0 saturated heterocycles. The zero-order valence-corrected chi connectivity index (χ0v) is 17.1. The van der Waals surface area contributed by atoms with Crippen LogP contribution in [0.25, 0.3) is 33.3 Å². The van der Waals surface area contributed by atoms with Crippen molar-refractivity contribution >= 4 is 38.2 Å². The van der Waals surface area contributed by atoms with Crippen LogP contribution in [0.5, 0.6) is 0 Å². The minimum Gasteiger partial charge on any atom is -0.258 e. The molecule has 4 rings (SSSR count). The number of nitro groups is 2.